The molecule has 0 aliphatic heterocycles. The van der Waals surface area contributed by atoms with Gasteiger partial charge in [-0.05, 0) is 72.5 Å². The number of amides is 1. The highest BCUT2D eigenvalue weighted by atomic mass is 16.4. The van der Waals surface area contributed by atoms with Gasteiger partial charge in [0, 0.05) is 24.3 Å². The number of aromatic nitrogens is 7. The molecule has 5 aromatic heterocycles. The van der Waals surface area contributed by atoms with Crippen LogP contribution in [0.2, 0.25) is 0 Å². The van der Waals surface area contributed by atoms with Crippen LogP contribution < -0.4 is 11.1 Å². The molecule has 1 amide bonds. The lowest BCUT2D eigenvalue weighted by Crippen LogP contribution is -2.27. The van der Waals surface area contributed by atoms with Crippen LogP contribution >= 0.6 is 0 Å². The molecule has 1 aliphatic carbocycles. The normalized spacial score (nSPS) is 13.8. The minimum atomic E-state index is -0.361. The molecule has 42 heavy (non-hydrogen) atoms. The summed E-state index contributed by atoms with van der Waals surface area (Å²) in [4.78, 5) is 31.0. The van der Waals surface area contributed by atoms with Gasteiger partial charge < -0.3 is 15.5 Å². The monoisotopic (exact) mass is 559 g/mol. The molecule has 11 heteroatoms. The predicted octanol–water partition coefficient (Wildman–Crippen LogP) is 5.32. The number of carbonyl (C=O) groups excluding carboxylic acids is 1. The summed E-state index contributed by atoms with van der Waals surface area (Å²) in [5.41, 5.74) is 11.9. The average Bonchev–Trinajstić information content (AvgIpc) is 3.84. The van der Waals surface area contributed by atoms with Crippen LogP contribution in [-0.4, -0.2) is 40.2 Å². The van der Waals surface area contributed by atoms with Crippen molar-refractivity contribution in [2.75, 3.05) is 5.73 Å². The zero-order valence-corrected chi connectivity index (χ0v) is 23.2. The molecule has 0 saturated heterocycles. The molecule has 7 rings (SSSR count). The Balaban J connectivity index is 0.00000155. The number of hydrogen-bond acceptors (Lipinski definition) is 8. The zero-order chi connectivity index (χ0) is 29.2. The number of nitrogens with zero attached hydrogens (tertiary/aromatic N) is 7. The highest BCUT2D eigenvalue weighted by molar-refractivity contribution is 5.90. The van der Waals surface area contributed by atoms with E-state index >= 15 is 0 Å². The van der Waals surface area contributed by atoms with E-state index in [1.807, 2.05) is 67.1 Å². The number of anilines is 1. The zero-order valence-electron chi connectivity index (χ0n) is 23.2. The third kappa shape index (κ3) is 4.70. The summed E-state index contributed by atoms with van der Waals surface area (Å²) in [5, 5.41) is 7.37. The summed E-state index contributed by atoms with van der Waals surface area (Å²) in [6.07, 6.45) is 9.70. The molecule has 0 saturated carbocycles. The molecule has 0 radical (unpaired) electrons. The van der Waals surface area contributed by atoms with Crippen LogP contribution in [0.5, 0.6) is 0 Å². The second-order valence-electron chi connectivity index (χ2n) is 9.40. The van der Waals surface area contributed by atoms with Gasteiger partial charge in [0.25, 0.3) is 5.89 Å². The highest BCUT2D eigenvalue weighted by Gasteiger charge is 2.27. The van der Waals surface area contributed by atoms with E-state index in [0.717, 1.165) is 29.7 Å². The number of nitrogen functional groups attached to an aromatic ring is 1. The van der Waals surface area contributed by atoms with Gasteiger partial charge in [0.15, 0.2) is 17.3 Å². The topological polar surface area (TPSA) is 143 Å². The summed E-state index contributed by atoms with van der Waals surface area (Å²) < 4.78 is 8.99. The molecule has 1 aliphatic rings. The number of fused-ring (bicyclic) bond motifs is 2. The fourth-order valence-corrected chi connectivity index (χ4v) is 5.11. The van der Waals surface area contributed by atoms with Crippen LogP contribution in [0.3, 0.4) is 0 Å². The molecule has 3 N–H and O–H groups in total. The summed E-state index contributed by atoms with van der Waals surface area (Å²) in [6, 6.07) is 15.4. The summed E-state index contributed by atoms with van der Waals surface area (Å²) >= 11 is 0. The van der Waals surface area contributed by atoms with Gasteiger partial charge in [-0.2, -0.15) is 5.10 Å². The molecule has 11 nitrogen and oxygen atoms in total. The Morgan fingerprint density at radius 1 is 1.12 bits per heavy atom. The van der Waals surface area contributed by atoms with Gasteiger partial charge in [-0.1, -0.05) is 26.5 Å². The first-order valence-electron chi connectivity index (χ1n) is 13.7. The first-order chi connectivity index (χ1) is 20.6. The van der Waals surface area contributed by atoms with E-state index in [0.29, 0.717) is 39.9 Å². The SMILES string of the molecule is C=Cc1coc(C(=O)NC2CCc3cc(-n4c(-c5cccnc5N)nc5ccc(-n6cccn6)nc54)ccc32)n1.CC. The number of imidazole rings is 1. The standard InChI is InChI=1S/C29H23N9O2.C2H6/c1-2-18-16-40-29(33-18)28(39)35-22-9-6-17-15-19(7-8-20(17)22)38-26(21-5-3-12-31-25(21)30)34-23-10-11-24(36-27(23)38)37-14-4-13-32-37;1-2/h2-5,7-8,10-16,22H,1,6,9H2,(H2,30,31)(H,35,39);1-2H3. The van der Waals surface area contributed by atoms with Crippen LogP contribution in [0.1, 0.15) is 53.8 Å². The Morgan fingerprint density at radius 2 is 2.00 bits per heavy atom. The van der Waals surface area contributed by atoms with Gasteiger partial charge in [0.05, 0.1) is 11.6 Å². The van der Waals surface area contributed by atoms with Crippen molar-refractivity contribution in [1.82, 2.24) is 39.6 Å². The van der Waals surface area contributed by atoms with Gasteiger partial charge >= 0.3 is 5.91 Å². The largest absolute Gasteiger partial charge is 0.440 e. The highest BCUT2D eigenvalue weighted by Crippen LogP contribution is 2.36. The van der Waals surface area contributed by atoms with Crippen molar-refractivity contribution < 1.29 is 9.21 Å². The number of nitrogens with two attached hydrogens (primary N) is 1. The van der Waals surface area contributed by atoms with Gasteiger partial charge in [0.2, 0.25) is 0 Å². The molecule has 0 spiro atoms. The summed E-state index contributed by atoms with van der Waals surface area (Å²) in [5.74, 6) is 1.33. The maximum absolute atomic E-state index is 12.8. The number of carbonyl (C=O) groups is 1. The fourth-order valence-electron chi connectivity index (χ4n) is 5.11. The number of oxazole rings is 1. The van der Waals surface area contributed by atoms with Crippen molar-refractivity contribution >= 4 is 29.0 Å². The molecule has 210 valence electrons. The summed E-state index contributed by atoms with van der Waals surface area (Å²) in [7, 11) is 0. The summed E-state index contributed by atoms with van der Waals surface area (Å²) in [6.45, 7) is 7.65. The number of benzene rings is 1. The smallest absolute Gasteiger partial charge is 0.307 e. The van der Waals surface area contributed by atoms with Gasteiger partial charge in [-0.15, -0.1) is 0 Å². The van der Waals surface area contributed by atoms with E-state index in [1.54, 1.807) is 17.1 Å². The minimum absolute atomic E-state index is 0.0163. The Bertz CT molecular complexity index is 1900. The van der Waals surface area contributed by atoms with Crippen LogP contribution in [0, 0.1) is 0 Å². The first kappa shape index (κ1) is 26.6. The van der Waals surface area contributed by atoms with Gasteiger partial charge in [-0.25, -0.2) is 24.6 Å². The third-order valence-electron chi connectivity index (χ3n) is 7.00. The molecule has 5 heterocycles. The quantitative estimate of drug-likeness (QED) is 0.279. The van der Waals surface area contributed by atoms with Crippen molar-refractivity contribution in [2.24, 2.45) is 0 Å². The Hall–Kier alpha value is -5.58. The lowest BCUT2D eigenvalue weighted by molar-refractivity contribution is 0.0901. The van der Waals surface area contributed by atoms with Crippen LogP contribution in [0.25, 0.3) is 40.1 Å². The fraction of sp³-hybridized carbons (Fsp3) is 0.161. The molecule has 0 bridgehead atoms. The molecule has 6 aromatic rings. The van der Waals surface area contributed by atoms with E-state index in [1.165, 1.54) is 12.3 Å². The number of nitrogens with one attached hydrogen (secondary N) is 1. The average molecular weight is 560 g/mol. The second kappa shape index (κ2) is 11.1. The van der Waals surface area contributed by atoms with Crippen LogP contribution in [0.4, 0.5) is 5.82 Å². The minimum Gasteiger partial charge on any atom is -0.440 e. The lowest BCUT2D eigenvalue weighted by atomic mass is 10.1. The number of hydrogen-bond donors (Lipinski definition) is 2. The maximum atomic E-state index is 12.8. The molecular formula is C31H29N9O2. The van der Waals surface area contributed by atoms with Crippen molar-refractivity contribution in [3.05, 3.63) is 103 Å². The maximum Gasteiger partial charge on any atom is 0.307 e. The second-order valence-corrected chi connectivity index (χ2v) is 9.40. The molecule has 1 atom stereocenters. The van der Waals surface area contributed by atoms with E-state index < -0.39 is 0 Å². The molecule has 1 unspecified atom stereocenters. The van der Waals surface area contributed by atoms with Crippen LogP contribution in [0.15, 0.2) is 84.4 Å². The number of pyridine rings is 2. The number of aryl methyl sites for hydroxylation is 1. The van der Waals surface area contributed by atoms with E-state index in [2.05, 4.69) is 33.0 Å². The Kier molecular flexibility index (Phi) is 7.05. The molecule has 1 aromatic carbocycles. The molecular weight excluding hydrogens is 530 g/mol. The van der Waals surface area contributed by atoms with E-state index in [4.69, 9.17) is 20.1 Å². The van der Waals surface area contributed by atoms with Crippen molar-refractivity contribution in [3.8, 4) is 22.9 Å². The third-order valence-corrected chi connectivity index (χ3v) is 7.00. The van der Waals surface area contributed by atoms with Gasteiger partial charge in [0.1, 0.15) is 23.3 Å². The van der Waals surface area contributed by atoms with E-state index in [-0.39, 0.29) is 17.8 Å². The van der Waals surface area contributed by atoms with Crippen molar-refractivity contribution in [2.45, 2.75) is 32.7 Å². The van der Waals surface area contributed by atoms with Crippen molar-refractivity contribution in [3.63, 3.8) is 0 Å². The van der Waals surface area contributed by atoms with E-state index in [9.17, 15) is 4.79 Å². The Morgan fingerprint density at radius 3 is 2.76 bits per heavy atom. The first-order valence-corrected chi connectivity index (χ1v) is 13.7. The van der Waals surface area contributed by atoms with Gasteiger partial charge in [-0.3, -0.25) is 9.36 Å². The lowest BCUT2D eigenvalue weighted by Gasteiger charge is -2.15. The predicted molar refractivity (Wildman–Crippen MR) is 160 cm³/mol. The number of rotatable bonds is 6. The van der Waals surface area contributed by atoms with Crippen LogP contribution in [-0.2, 0) is 6.42 Å². The molecule has 0 fully saturated rings. The Labute approximate surface area is 241 Å². The van der Waals surface area contributed by atoms with Crippen molar-refractivity contribution in [1.29, 1.82) is 0 Å².